The Morgan fingerprint density at radius 1 is 1.11 bits per heavy atom. The highest BCUT2D eigenvalue weighted by molar-refractivity contribution is 7.92. The number of aromatic nitrogens is 2. The summed E-state index contributed by atoms with van der Waals surface area (Å²) in [6, 6.07) is 3.37. The zero-order valence-electron chi connectivity index (χ0n) is 15.4. The number of nitrogens with one attached hydrogen (secondary N) is 2. The Hall–Kier alpha value is -2.62. The van der Waals surface area contributed by atoms with E-state index in [0.717, 1.165) is 25.0 Å². The van der Waals surface area contributed by atoms with Crippen LogP contribution < -0.4 is 10.9 Å². The van der Waals surface area contributed by atoms with Gasteiger partial charge in [-0.05, 0) is 44.9 Å². The van der Waals surface area contributed by atoms with Crippen molar-refractivity contribution < 1.29 is 22.0 Å². The number of hydrogen-bond acceptors (Lipinski definition) is 6. The van der Waals surface area contributed by atoms with E-state index in [-0.39, 0.29) is 5.95 Å². The van der Waals surface area contributed by atoms with Crippen molar-refractivity contribution in [3.05, 3.63) is 46.8 Å². The van der Waals surface area contributed by atoms with Crippen LogP contribution in [0, 0.1) is 25.5 Å². The lowest BCUT2D eigenvalue weighted by atomic mass is 10.2. The Morgan fingerprint density at radius 3 is 2.32 bits per heavy atom. The van der Waals surface area contributed by atoms with Gasteiger partial charge < -0.3 is 0 Å². The lowest BCUT2D eigenvalue weighted by Crippen LogP contribution is -2.32. The predicted octanol–water partition coefficient (Wildman–Crippen LogP) is 2.84. The number of amides is 1. The topological polar surface area (TPSA) is 101 Å². The lowest BCUT2D eigenvalue weighted by molar-refractivity contribution is 0.0953. The van der Waals surface area contributed by atoms with Gasteiger partial charge in [0.1, 0.15) is 16.3 Å². The minimum absolute atomic E-state index is 0.0430. The molecule has 10 heteroatoms. The van der Waals surface area contributed by atoms with E-state index in [9.17, 15) is 22.0 Å². The Balaban J connectivity index is 1.87. The highest BCUT2D eigenvalue weighted by Gasteiger charge is 2.34. The molecule has 1 amide bonds. The summed E-state index contributed by atoms with van der Waals surface area (Å²) in [6.07, 6.45) is 2.32. The number of rotatable bonds is 5. The SMILES string of the molecule is Cc1cc(C)nc(NNC(=O)c2c(F)ccc(S(=O)(=O)C3CCCC3)c2F)n1. The molecule has 28 heavy (non-hydrogen) atoms. The predicted molar refractivity (Wildman–Crippen MR) is 98.4 cm³/mol. The normalized spacial score (nSPS) is 14.9. The molecule has 1 aromatic heterocycles. The number of anilines is 1. The summed E-state index contributed by atoms with van der Waals surface area (Å²) < 4.78 is 54.3. The second-order valence-corrected chi connectivity index (χ2v) is 8.94. The molecule has 0 radical (unpaired) electrons. The number of nitrogens with zero attached hydrogens (tertiary/aromatic N) is 2. The Morgan fingerprint density at radius 2 is 1.71 bits per heavy atom. The summed E-state index contributed by atoms with van der Waals surface area (Å²) in [5.41, 5.74) is 4.78. The van der Waals surface area contributed by atoms with E-state index < -0.39 is 43.1 Å². The molecule has 1 aliphatic carbocycles. The van der Waals surface area contributed by atoms with E-state index >= 15 is 0 Å². The van der Waals surface area contributed by atoms with Crippen molar-refractivity contribution in [1.29, 1.82) is 0 Å². The van der Waals surface area contributed by atoms with E-state index in [2.05, 4.69) is 20.8 Å². The fraction of sp³-hybridized carbons (Fsp3) is 0.389. The monoisotopic (exact) mass is 410 g/mol. The summed E-state index contributed by atoms with van der Waals surface area (Å²) in [5.74, 6) is -3.68. The molecule has 150 valence electrons. The number of hydrogen-bond donors (Lipinski definition) is 2. The molecular formula is C18H20F2N4O3S. The summed E-state index contributed by atoms with van der Waals surface area (Å²) in [7, 11) is -3.99. The van der Waals surface area contributed by atoms with Crippen molar-refractivity contribution in [3.63, 3.8) is 0 Å². The fourth-order valence-electron chi connectivity index (χ4n) is 3.30. The Kier molecular flexibility index (Phi) is 5.59. The van der Waals surface area contributed by atoms with Crippen molar-refractivity contribution in [1.82, 2.24) is 15.4 Å². The lowest BCUT2D eigenvalue weighted by Gasteiger charge is -2.14. The summed E-state index contributed by atoms with van der Waals surface area (Å²) in [4.78, 5) is 19.7. The van der Waals surface area contributed by atoms with Gasteiger partial charge in [0.25, 0.3) is 5.91 Å². The maximum Gasteiger partial charge on any atom is 0.275 e. The third-order valence-electron chi connectivity index (χ3n) is 4.60. The van der Waals surface area contributed by atoms with Crippen LogP contribution in [0.1, 0.15) is 47.4 Å². The van der Waals surface area contributed by atoms with Crippen LogP contribution >= 0.6 is 0 Å². The largest absolute Gasteiger partial charge is 0.275 e. The molecular weight excluding hydrogens is 390 g/mol. The Labute approximate surface area is 161 Å². The molecule has 0 unspecified atom stereocenters. The number of carbonyl (C=O) groups is 1. The second-order valence-electron chi connectivity index (χ2n) is 6.74. The van der Waals surface area contributed by atoms with Gasteiger partial charge >= 0.3 is 0 Å². The molecule has 0 spiro atoms. The number of halogens is 2. The third-order valence-corrected chi connectivity index (χ3v) is 6.88. The highest BCUT2D eigenvalue weighted by atomic mass is 32.2. The summed E-state index contributed by atoms with van der Waals surface area (Å²) in [6.45, 7) is 3.44. The molecule has 1 aromatic carbocycles. The van der Waals surface area contributed by atoms with Gasteiger partial charge in [-0.2, -0.15) is 0 Å². The van der Waals surface area contributed by atoms with Crippen molar-refractivity contribution in [3.8, 4) is 0 Å². The minimum Gasteiger partial charge on any atom is -0.267 e. The van der Waals surface area contributed by atoms with Gasteiger partial charge in [-0.1, -0.05) is 12.8 Å². The fourth-order valence-corrected chi connectivity index (χ4v) is 5.22. The molecule has 0 atom stereocenters. The van der Waals surface area contributed by atoms with Crippen LogP contribution in [0.4, 0.5) is 14.7 Å². The first-order chi connectivity index (χ1) is 13.2. The molecule has 1 saturated carbocycles. The number of sulfone groups is 1. The number of hydrazine groups is 1. The van der Waals surface area contributed by atoms with Crippen LogP contribution in [0.3, 0.4) is 0 Å². The first-order valence-corrected chi connectivity index (χ1v) is 10.4. The summed E-state index contributed by atoms with van der Waals surface area (Å²) >= 11 is 0. The van der Waals surface area contributed by atoms with Gasteiger partial charge in [0.05, 0.1) is 5.25 Å². The van der Waals surface area contributed by atoms with Gasteiger partial charge in [0.2, 0.25) is 5.95 Å². The first-order valence-electron chi connectivity index (χ1n) is 8.80. The van der Waals surface area contributed by atoms with Gasteiger partial charge in [-0.3, -0.25) is 15.6 Å². The van der Waals surface area contributed by atoms with Crippen LogP contribution in [0.15, 0.2) is 23.1 Å². The average Bonchev–Trinajstić information content (AvgIpc) is 3.14. The van der Waals surface area contributed by atoms with E-state index in [0.29, 0.717) is 24.2 Å². The van der Waals surface area contributed by atoms with Crippen LogP contribution in [-0.2, 0) is 9.84 Å². The van der Waals surface area contributed by atoms with Crippen LogP contribution in [0.2, 0.25) is 0 Å². The molecule has 7 nitrogen and oxygen atoms in total. The van der Waals surface area contributed by atoms with Crippen molar-refractivity contribution >= 4 is 21.7 Å². The standard InChI is InChI=1S/C18H20F2N4O3S/c1-10-9-11(2)22-18(21-10)24-23-17(25)15-13(19)7-8-14(16(15)20)28(26,27)12-5-3-4-6-12/h7-9,12H,3-6H2,1-2H3,(H,23,25)(H,21,22,24). The highest BCUT2D eigenvalue weighted by Crippen LogP contribution is 2.32. The average molecular weight is 410 g/mol. The molecule has 0 saturated heterocycles. The smallest absolute Gasteiger partial charge is 0.267 e. The number of aryl methyl sites for hydroxylation is 2. The molecule has 1 fully saturated rings. The molecule has 1 heterocycles. The van der Waals surface area contributed by atoms with Gasteiger partial charge in [0, 0.05) is 11.4 Å². The van der Waals surface area contributed by atoms with E-state index in [1.54, 1.807) is 19.9 Å². The maximum atomic E-state index is 14.8. The second kappa shape index (κ2) is 7.78. The van der Waals surface area contributed by atoms with Crippen LogP contribution in [-0.4, -0.2) is 29.5 Å². The van der Waals surface area contributed by atoms with Crippen LogP contribution in [0.5, 0.6) is 0 Å². The molecule has 0 aliphatic heterocycles. The zero-order chi connectivity index (χ0) is 20.5. The van der Waals surface area contributed by atoms with Gasteiger partial charge in [-0.15, -0.1) is 0 Å². The van der Waals surface area contributed by atoms with Crippen molar-refractivity contribution in [2.75, 3.05) is 5.43 Å². The van der Waals surface area contributed by atoms with Crippen molar-refractivity contribution in [2.45, 2.75) is 49.7 Å². The van der Waals surface area contributed by atoms with Gasteiger partial charge in [-0.25, -0.2) is 27.2 Å². The van der Waals surface area contributed by atoms with Crippen molar-refractivity contribution in [2.24, 2.45) is 0 Å². The van der Waals surface area contributed by atoms with Gasteiger partial charge in [0.15, 0.2) is 15.7 Å². The number of carbonyl (C=O) groups excluding carboxylic acids is 1. The Bertz CT molecular complexity index is 1000. The maximum absolute atomic E-state index is 14.8. The van der Waals surface area contributed by atoms with E-state index in [1.165, 1.54) is 0 Å². The van der Waals surface area contributed by atoms with E-state index in [4.69, 9.17) is 0 Å². The quantitative estimate of drug-likeness (QED) is 0.581. The number of benzene rings is 1. The summed E-state index contributed by atoms with van der Waals surface area (Å²) in [5, 5.41) is -0.717. The minimum atomic E-state index is -3.99. The molecule has 3 rings (SSSR count). The molecule has 2 N–H and O–H groups in total. The molecule has 1 aliphatic rings. The third kappa shape index (κ3) is 3.96. The van der Waals surface area contributed by atoms with Crippen LogP contribution in [0.25, 0.3) is 0 Å². The molecule has 0 bridgehead atoms. The molecule has 2 aromatic rings. The van der Waals surface area contributed by atoms with E-state index in [1.807, 2.05) is 0 Å². The first kappa shape index (κ1) is 20.1. The zero-order valence-corrected chi connectivity index (χ0v) is 16.2.